The molecule has 2 aromatic rings. The number of carbonyl (C=O) groups excluding carboxylic acids is 2. The Bertz CT molecular complexity index is 937. The summed E-state index contributed by atoms with van der Waals surface area (Å²) >= 11 is 5.92. The number of benzene rings is 2. The van der Waals surface area contributed by atoms with E-state index in [9.17, 15) is 18.4 Å². The zero-order valence-corrected chi connectivity index (χ0v) is 14.8. The summed E-state index contributed by atoms with van der Waals surface area (Å²) < 4.78 is 27.3. The third kappa shape index (κ3) is 3.35. The van der Waals surface area contributed by atoms with Crippen LogP contribution in [-0.4, -0.2) is 24.5 Å². The predicted octanol–water partition coefficient (Wildman–Crippen LogP) is 2.80. The molecule has 0 bridgehead atoms. The Morgan fingerprint density at radius 2 is 2.04 bits per heavy atom. The van der Waals surface area contributed by atoms with E-state index in [2.05, 4.69) is 16.0 Å². The summed E-state index contributed by atoms with van der Waals surface area (Å²) in [5.74, 6) is -1.46. The summed E-state index contributed by atoms with van der Waals surface area (Å²) in [6.45, 7) is 0.178. The number of nitrogens with one attached hydrogen (secondary N) is 3. The van der Waals surface area contributed by atoms with Gasteiger partial charge >= 0.3 is 6.03 Å². The zero-order valence-electron chi connectivity index (χ0n) is 14.1. The van der Waals surface area contributed by atoms with Crippen LogP contribution in [0.3, 0.4) is 0 Å². The fourth-order valence-corrected chi connectivity index (χ4v) is 3.79. The van der Waals surface area contributed by atoms with E-state index in [1.54, 1.807) is 12.1 Å². The van der Waals surface area contributed by atoms with Crippen LogP contribution in [0.1, 0.15) is 28.7 Å². The van der Waals surface area contributed by atoms with E-state index >= 15 is 0 Å². The van der Waals surface area contributed by atoms with Gasteiger partial charge in [0.05, 0.1) is 11.1 Å². The van der Waals surface area contributed by atoms with Gasteiger partial charge in [0.2, 0.25) is 5.91 Å². The fourth-order valence-electron chi connectivity index (χ4n) is 3.60. The van der Waals surface area contributed by atoms with Gasteiger partial charge in [-0.15, -0.1) is 0 Å². The Kier molecular flexibility index (Phi) is 4.47. The highest BCUT2D eigenvalue weighted by molar-refractivity contribution is 6.30. The molecule has 3 N–H and O–H groups in total. The SMILES string of the molecule is O=C1NCC(C(=O)NC(c2ccc(F)c(Cl)c2)C2Cc3ccc(F)cc32)N1. The average molecular weight is 392 g/mol. The second kappa shape index (κ2) is 6.81. The molecular formula is C19H16ClF2N3O2. The van der Waals surface area contributed by atoms with E-state index in [1.165, 1.54) is 24.3 Å². The van der Waals surface area contributed by atoms with Crippen molar-refractivity contribution in [3.63, 3.8) is 0 Å². The lowest BCUT2D eigenvalue weighted by atomic mass is 9.71. The lowest BCUT2D eigenvalue weighted by Crippen LogP contribution is -2.46. The number of carbonyl (C=O) groups is 2. The van der Waals surface area contributed by atoms with E-state index in [4.69, 9.17) is 11.6 Å². The van der Waals surface area contributed by atoms with Crippen molar-refractivity contribution in [2.45, 2.75) is 24.4 Å². The molecule has 3 atom stereocenters. The maximum absolute atomic E-state index is 13.7. The molecule has 4 rings (SSSR count). The van der Waals surface area contributed by atoms with Gasteiger partial charge in [-0.2, -0.15) is 0 Å². The molecule has 2 aromatic carbocycles. The third-order valence-electron chi connectivity index (χ3n) is 5.04. The summed E-state index contributed by atoms with van der Waals surface area (Å²) in [7, 11) is 0. The summed E-state index contributed by atoms with van der Waals surface area (Å²) in [5, 5.41) is 7.91. The van der Waals surface area contributed by atoms with Gasteiger partial charge in [0.1, 0.15) is 17.7 Å². The topological polar surface area (TPSA) is 70.2 Å². The van der Waals surface area contributed by atoms with E-state index in [0.29, 0.717) is 12.0 Å². The normalized spacial score (nSPS) is 21.5. The molecule has 140 valence electrons. The number of rotatable bonds is 4. The molecular weight excluding hydrogens is 376 g/mol. The molecule has 3 amide bonds. The molecule has 3 unspecified atom stereocenters. The summed E-state index contributed by atoms with van der Waals surface area (Å²) in [5.41, 5.74) is 2.42. The lowest BCUT2D eigenvalue weighted by molar-refractivity contribution is -0.123. The minimum absolute atomic E-state index is 0.0543. The van der Waals surface area contributed by atoms with Crippen molar-refractivity contribution < 1.29 is 18.4 Å². The van der Waals surface area contributed by atoms with E-state index in [-0.39, 0.29) is 29.2 Å². The summed E-state index contributed by atoms with van der Waals surface area (Å²) in [6, 6.07) is 7.18. The van der Waals surface area contributed by atoms with Crippen molar-refractivity contribution in [1.82, 2.24) is 16.0 Å². The van der Waals surface area contributed by atoms with Crippen molar-refractivity contribution in [2.75, 3.05) is 6.54 Å². The van der Waals surface area contributed by atoms with Crippen LogP contribution in [0.2, 0.25) is 5.02 Å². The molecule has 0 aromatic heterocycles. The molecule has 0 spiro atoms. The Hall–Kier alpha value is -2.67. The quantitative estimate of drug-likeness (QED) is 0.750. The van der Waals surface area contributed by atoms with Crippen molar-refractivity contribution in [2.24, 2.45) is 0 Å². The molecule has 1 fully saturated rings. The van der Waals surface area contributed by atoms with Crippen molar-refractivity contribution >= 4 is 23.5 Å². The van der Waals surface area contributed by atoms with Crippen LogP contribution in [0.5, 0.6) is 0 Å². The van der Waals surface area contributed by atoms with Crippen LogP contribution in [0.15, 0.2) is 36.4 Å². The summed E-state index contributed by atoms with van der Waals surface area (Å²) in [4.78, 5) is 23.9. The minimum Gasteiger partial charge on any atom is -0.347 e. The van der Waals surface area contributed by atoms with Crippen molar-refractivity contribution in [3.05, 3.63) is 69.7 Å². The Labute approximate surface area is 159 Å². The highest BCUT2D eigenvalue weighted by atomic mass is 35.5. The molecule has 1 heterocycles. The average Bonchev–Trinajstić information content (AvgIpc) is 3.06. The number of halogens is 3. The van der Waals surface area contributed by atoms with Gasteiger partial charge in [-0.3, -0.25) is 4.79 Å². The molecule has 1 aliphatic carbocycles. The third-order valence-corrected chi connectivity index (χ3v) is 5.33. The van der Waals surface area contributed by atoms with Gasteiger partial charge in [0.25, 0.3) is 0 Å². The first kappa shape index (κ1) is 17.7. The fraction of sp³-hybridized carbons (Fsp3) is 0.263. The Morgan fingerprint density at radius 3 is 2.74 bits per heavy atom. The van der Waals surface area contributed by atoms with Crippen LogP contribution < -0.4 is 16.0 Å². The highest BCUT2D eigenvalue weighted by Crippen LogP contribution is 2.44. The van der Waals surface area contributed by atoms with Crippen molar-refractivity contribution in [1.29, 1.82) is 0 Å². The lowest BCUT2D eigenvalue weighted by Gasteiger charge is -2.37. The molecule has 1 aliphatic heterocycles. The van der Waals surface area contributed by atoms with Crippen LogP contribution in [0, 0.1) is 11.6 Å². The van der Waals surface area contributed by atoms with Gasteiger partial charge in [-0.25, -0.2) is 13.6 Å². The smallest absolute Gasteiger partial charge is 0.315 e. The Balaban J connectivity index is 1.64. The second-order valence-electron chi connectivity index (χ2n) is 6.72. The van der Waals surface area contributed by atoms with Crippen LogP contribution >= 0.6 is 11.6 Å². The maximum atomic E-state index is 13.7. The molecule has 8 heteroatoms. The standard InChI is InChI=1S/C19H16ClF2N3O2/c20-14-6-10(2-4-15(14)22)17(25-18(26)16-8-23-19(27)24-16)13-5-9-1-3-11(21)7-12(9)13/h1-4,6-7,13,16-17H,5,8H2,(H,25,26)(H2,23,24,27). The van der Waals surface area contributed by atoms with Crippen molar-refractivity contribution in [3.8, 4) is 0 Å². The van der Waals surface area contributed by atoms with Crippen LogP contribution in [0.4, 0.5) is 13.6 Å². The van der Waals surface area contributed by atoms with Gasteiger partial charge in [-0.1, -0.05) is 23.7 Å². The van der Waals surface area contributed by atoms with Gasteiger partial charge in [-0.05, 0) is 47.4 Å². The van der Waals surface area contributed by atoms with Gasteiger partial charge in [0.15, 0.2) is 0 Å². The Morgan fingerprint density at radius 1 is 1.22 bits per heavy atom. The molecule has 1 saturated heterocycles. The number of amides is 3. The first-order chi connectivity index (χ1) is 12.9. The number of fused-ring (bicyclic) bond motifs is 1. The molecule has 27 heavy (non-hydrogen) atoms. The van der Waals surface area contributed by atoms with E-state index in [1.807, 2.05) is 0 Å². The van der Waals surface area contributed by atoms with Gasteiger partial charge < -0.3 is 16.0 Å². The first-order valence-corrected chi connectivity index (χ1v) is 8.88. The minimum atomic E-state index is -0.706. The molecule has 5 nitrogen and oxygen atoms in total. The van der Waals surface area contributed by atoms with Crippen LogP contribution in [0.25, 0.3) is 0 Å². The van der Waals surface area contributed by atoms with E-state index in [0.717, 1.165) is 11.1 Å². The van der Waals surface area contributed by atoms with Crippen LogP contribution in [-0.2, 0) is 11.2 Å². The molecule has 2 aliphatic rings. The van der Waals surface area contributed by atoms with Gasteiger partial charge in [0, 0.05) is 12.5 Å². The first-order valence-electron chi connectivity index (χ1n) is 8.50. The predicted molar refractivity (Wildman–Crippen MR) is 95.5 cm³/mol. The zero-order chi connectivity index (χ0) is 19.1. The largest absolute Gasteiger partial charge is 0.347 e. The maximum Gasteiger partial charge on any atom is 0.315 e. The second-order valence-corrected chi connectivity index (χ2v) is 7.13. The monoisotopic (exact) mass is 391 g/mol. The molecule has 0 saturated carbocycles. The summed E-state index contributed by atoms with van der Waals surface area (Å²) in [6.07, 6.45) is 0.644. The van der Waals surface area contributed by atoms with E-state index < -0.39 is 23.9 Å². The number of hydrogen-bond donors (Lipinski definition) is 3. The molecule has 0 radical (unpaired) electrons. The number of urea groups is 1. The highest BCUT2D eigenvalue weighted by Gasteiger charge is 2.37. The number of hydrogen-bond acceptors (Lipinski definition) is 2.